The standard InChI is InChI=1S/C26H23BrClFN2O4/c1-34-24-9-15(8-20(27)25(24)35-14-16-6-7-18(29)11-21(16)28)12-30-23(26(32)33)10-17-13-31-22-5-3-2-4-19(17)22/h2-9,11,13,23,30-31H,10,12,14H2,1H3,(H,32,33)/t23-/m1/s1. The lowest BCUT2D eigenvalue weighted by molar-refractivity contribution is -0.139. The molecule has 182 valence electrons. The van der Waals surface area contributed by atoms with Gasteiger partial charge in [-0.15, -0.1) is 0 Å². The molecule has 1 aromatic heterocycles. The summed E-state index contributed by atoms with van der Waals surface area (Å²) in [7, 11) is 1.52. The summed E-state index contributed by atoms with van der Waals surface area (Å²) in [6.07, 6.45) is 2.18. The van der Waals surface area contributed by atoms with Gasteiger partial charge in [0.2, 0.25) is 0 Å². The molecule has 1 heterocycles. The van der Waals surface area contributed by atoms with E-state index in [2.05, 4.69) is 26.2 Å². The summed E-state index contributed by atoms with van der Waals surface area (Å²) in [6.45, 7) is 0.426. The van der Waals surface area contributed by atoms with E-state index < -0.39 is 17.8 Å². The van der Waals surface area contributed by atoms with Crippen LogP contribution in [0.5, 0.6) is 11.5 Å². The van der Waals surface area contributed by atoms with Crippen molar-refractivity contribution in [1.82, 2.24) is 10.3 Å². The normalized spacial score (nSPS) is 12.0. The molecule has 3 aromatic carbocycles. The number of halogens is 3. The second kappa shape index (κ2) is 11.1. The average molecular weight is 562 g/mol. The summed E-state index contributed by atoms with van der Waals surface area (Å²) in [4.78, 5) is 15.1. The molecule has 4 aromatic rings. The summed E-state index contributed by atoms with van der Waals surface area (Å²) in [5.74, 6) is -0.417. The van der Waals surface area contributed by atoms with E-state index in [0.717, 1.165) is 22.0 Å². The fourth-order valence-electron chi connectivity index (χ4n) is 3.81. The number of fused-ring (bicyclic) bond motifs is 1. The lowest BCUT2D eigenvalue weighted by Gasteiger charge is -2.17. The third-order valence-electron chi connectivity index (χ3n) is 5.63. The van der Waals surface area contributed by atoms with Crippen molar-refractivity contribution in [2.45, 2.75) is 25.6 Å². The van der Waals surface area contributed by atoms with Crippen LogP contribution in [0.3, 0.4) is 0 Å². The molecule has 6 nitrogen and oxygen atoms in total. The third kappa shape index (κ3) is 5.96. The first-order chi connectivity index (χ1) is 16.9. The Balaban J connectivity index is 1.46. The molecule has 0 radical (unpaired) electrons. The molecule has 0 amide bonds. The van der Waals surface area contributed by atoms with Crippen LogP contribution in [0.1, 0.15) is 16.7 Å². The van der Waals surface area contributed by atoms with Crippen molar-refractivity contribution in [3.8, 4) is 11.5 Å². The number of carbonyl (C=O) groups is 1. The molecule has 35 heavy (non-hydrogen) atoms. The van der Waals surface area contributed by atoms with Crippen LogP contribution < -0.4 is 14.8 Å². The van der Waals surface area contributed by atoms with Gasteiger partial charge in [-0.3, -0.25) is 4.79 Å². The minimum Gasteiger partial charge on any atom is -0.493 e. The van der Waals surface area contributed by atoms with Crippen LogP contribution >= 0.6 is 27.5 Å². The van der Waals surface area contributed by atoms with Crippen molar-refractivity contribution < 1.29 is 23.8 Å². The molecular formula is C26H23BrClFN2O4. The number of carboxylic acids is 1. The third-order valence-corrected chi connectivity index (χ3v) is 6.57. The fraction of sp³-hybridized carbons (Fsp3) is 0.192. The average Bonchev–Trinajstić information content (AvgIpc) is 3.24. The molecule has 0 bridgehead atoms. The number of para-hydroxylation sites is 1. The number of rotatable bonds is 10. The molecule has 0 saturated carbocycles. The van der Waals surface area contributed by atoms with Crippen LogP contribution in [0.2, 0.25) is 5.02 Å². The topological polar surface area (TPSA) is 83.6 Å². The zero-order valence-corrected chi connectivity index (χ0v) is 21.1. The highest BCUT2D eigenvalue weighted by Crippen LogP contribution is 2.37. The minimum atomic E-state index is -0.933. The number of aliphatic carboxylic acids is 1. The molecule has 0 saturated heterocycles. The number of aromatic amines is 1. The van der Waals surface area contributed by atoms with Crippen molar-refractivity contribution in [1.29, 1.82) is 0 Å². The zero-order valence-electron chi connectivity index (χ0n) is 18.8. The molecule has 4 rings (SSSR count). The summed E-state index contributed by atoms with van der Waals surface area (Å²) in [5, 5.41) is 14.2. The first-order valence-corrected chi connectivity index (χ1v) is 12.0. The van der Waals surface area contributed by atoms with E-state index in [-0.39, 0.29) is 11.6 Å². The molecule has 3 N–H and O–H groups in total. The first kappa shape index (κ1) is 25.0. The van der Waals surface area contributed by atoms with E-state index in [9.17, 15) is 14.3 Å². The Morgan fingerprint density at radius 3 is 2.74 bits per heavy atom. The second-order valence-electron chi connectivity index (χ2n) is 7.97. The van der Waals surface area contributed by atoms with Gasteiger partial charge in [0.1, 0.15) is 18.5 Å². The van der Waals surface area contributed by atoms with E-state index in [4.69, 9.17) is 21.1 Å². The Labute approximate surface area is 215 Å². The van der Waals surface area contributed by atoms with Crippen LogP contribution in [-0.2, 0) is 24.4 Å². The number of carboxylic acid groups (broad SMARTS) is 1. The molecule has 0 spiro atoms. The van der Waals surface area contributed by atoms with Crippen molar-refractivity contribution in [2.75, 3.05) is 7.11 Å². The maximum atomic E-state index is 13.3. The van der Waals surface area contributed by atoms with E-state index in [1.165, 1.54) is 19.2 Å². The van der Waals surface area contributed by atoms with E-state index in [0.29, 0.717) is 34.5 Å². The van der Waals surface area contributed by atoms with Gasteiger partial charge in [0, 0.05) is 35.6 Å². The molecule has 0 aliphatic heterocycles. The number of H-pyrrole nitrogens is 1. The maximum Gasteiger partial charge on any atom is 0.321 e. The van der Waals surface area contributed by atoms with Gasteiger partial charge in [-0.2, -0.15) is 0 Å². The van der Waals surface area contributed by atoms with E-state index in [1.54, 1.807) is 12.1 Å². The van der Waals surface area contributed by atoms with Gasteiger partial charge < -0.3 is 24.9 Å². The Bertz CT molecular complexity index is 1360. The summed E-state index contributed by atoms with van der Waals surface area (Å²) in [6, 6.07) is 14.7. The van der Waals surface area contributed by atoms with Gasteiger partial charge in [-0.25, -0.2) is 4.39 Å². The van der Waals surface area contributed by atoms with Gasteiger partial charge >= 0.3 is 5.97 Å². The quantitative estimate of drug-likeness (QED) is 0.218. The molecule has 9 heteroatoms. The van der Waals surface area contributed by atoms with Gasteiger partial charge in [-0.1, -0.05) is 35.9 Å². The number of hydrogen-bond acceptors (Lipinski definition) is 4. The van der Waals surface area contributed by atoms with Crippen molar-refractivity contribution in [3.63, 3.8) is 0 Å². The number of methoxy groups -OCH3 is 1. The minimum absolute atomic E-state index is 0.122. The Hall–Kier alpha value is -3.07. The van der Waals surface area contributed by atoms with Gasteiger partial charge in [-0.05, 0) is 57.4 Å². The van der Waals surface area contributed by atoms with Crippen molar-refractivity contribution >= 4 is 44.4 Å². The molecular weight excluding hydrogens is 539 g/mol. The Kier molecular flexibility index (Phi) is 7.95. The highest BCUT2D eigenvalue weighted by molar-refractivity contribution is 9.10. The van der Waals surface area contributed by atoms with Gasteiger partial charge in [0.05, 0.1) is 16.6 Å². The number of ether oxygens (including phenoxy) is 2. The number of hydrogen-bond donors (Lipinski definition) is 3. The molecule has 0 fully saturated rings. The van der Waals surface area contributed by atoms with Crippen LogP contribution in [0.25, 0.3) is 10.9 Å². The molecule has 0 unspecified atom stereocenters. The van der Waals surface area contributed by atoms with E-state index in [1.807, 2.05) is 36.5 Å². The van der Waals surface area contributed by atoms with Crippen LogP contribution in [0, 0.1) is 5.82 Å². The first-order valence-electron chi connectivity index (χ1n) is 10.8. The monoisotopic (exact) mass is 560 g/mol. The van der Waals surface area contributed by atoms with Crippen LogP contribution in [0.4, 0.5) is 4.39 Å². The van der Waals surface area contributed by atoms with Crippen molar-refractivity contribution in [3.05, 3.63) is 92.8 Å². The maximum absolute atomic E-state index is 13.3. The molecule has 0 aliphatic rings. The smallest absolute Gasteiger partial charge is 0.321 e. The summed E-state index contributed by atoms with van der Waals surface area (Å²) >= 11 is 9.60. The summed E-state index contributed by atoms with van der Waals surface area (Å²) in [5.41, 5.74) is 3.35. The Morgan fingerprint density at radius 1 is 1.20 bits per heavy atom. The van der Waals surface area contributed by atoms with Crippen molar-refractivity contribution in [2.24, 2.45) is 0 Å². The lowest BCUT2D eigenvalue weighted by atomic mass is 10.0. The summed E-state index contributed by atoms with van der Waals surface area (Å²) < 4.78 is 25.3. The largest absolute Gasteiger partial charge is 0.493 e. The van der Waals surface area contributed by atoms with E-state index >= 15 is 0 Å². The SMILES string of the molecule is COc1cc(CN[C@H](Cc2c[nH]c3ccccc23)C(=O)O)cc(Br)c1OCc1ccc(F)cc1Cl. The number of aromatic nitrogens is 1. The lowest BCUT2D eigenvalue weighted by Crippen LogP contribution is -2.38. The fourth-order valence-corrected chi connectivity index (χ4v) is 4.64. The van der Waals surface area contributed by atoms with Crippen LogP contribution in [0.15, 0.2) is 65.3 Å². The van der Waals surface area contributed by atoms with Crippen LogP contribution in [-0.4, -0.2) is 29.2 Å². The van der Waals surface area contributed by atoms with Gasteiger partial charge in [0.25, 0.3) is 0 Å². The highest BCUT2D eigenvalue weighted by Gasteiger charge is 2.20. The Morgan fingerprint density at radius 2 is 2.00 bits per heavy atom. The predicted octanol–water partition coefficient (Wildman–Crippen LogP) is 6.10. The molecule has 0 aliphatic carbocycles. The zero-order chi connectivity index (χ0) is 24.9. The van der Waals surface area contributed by atoms with Gasteiger partial charge in [0.15, 0.2) is 11.5 Å². The predicted molar refractivity (Wildman–Crippen MR) is 137 cm³/mol. The second-order valence-corrected chi connectivity index (χ2v) is 9.23. The number of nitrogens with one attached hydrogen (secondary N) is 2. The highest BCUT2D eigenvalue weighted by atomic mass is 79.9. The molecule has 1 atom stereocenters. The number of benzene rings is 3.